The number of carbonyl (C=O) groups excluding carboxylic acids is 1. The molecule has 0 aliphatic rings. The van der Waals surface area contributed by atoms with Gasteiger partial charge in [-0.25, -0.2) is 4.79 Å². The zero-order valence-electron chi connectivity index (χ0n) is 7.10. The van der Waals surface area contributed by atoms with Gasteiger partial charge < -0.3 is 4.74 Å². The van der Waals surface area contributed by atoms with Gasteiger partial charge in [0.15, 0.2) is 0 Å². The third kappa shape index (κ3) is 1.92. The van der Waals surface area contributed by atoms with Crippen LogP contribution < -0.4 is 0 Å². The number of methoxy groups -OCH3 is 1. The Labute approximate surface area is 85.6 Å². The summed E-state index contributed by atoms with van der Waals surface area (Å²) in [5.74, 6) is -0.542. The first kappa shape index (κ1) is 10.3. The van der Waals surface area contributed by atoms with Crippen molar-refractivity contribution in [2.45, 2.75) is 6.92 Å². The van der Waals surface area contributed by atoms with E-state index in [1.807, 2.05) is 0 Å². The van der Waals surface area contributed by atoms with Gasteiger partial charge in [0.25, 0.3) is 0 Å². The van der Waals surface area contributed by atoms with E-state index in [9.17, 15) is 4.79 Å². The number of halogens is 2. The topological polar surface area (TPSA) is 39.2 Å². The molecule has 0 saturated carbocycles. The van der Waals surface area contributed by atoms with E-state index in [2.05, 4.69) is 9.72 Å². The lowest BCUT2D eigenvalue weighted by atomic mass is 10.2. The van der Waals surface area contributed by atoms with Crippen molar-refractivity contribution in [2.75, 3.05) is 7.11 Å². The van der Waals surface area contributed by atoms with E-state index < -0.39 is 5.97 Å². The van der Waals surface area contributed by atoms with E-state index in [0.29, 0.717) is 5.69 Å². The Morgan fingerprint density at radius 3 is 2.62 bits per heavy atom. The number of esters is 1. The molecule has 0 radical (unpaired) electrons. The zero-order chi connectivity index (χ0) is 10.0. The maximum Gasteiger partial charge on any atom is 0.341 e. The van der Waals surface area contributed by atoms with E-state index in [-0.39, 0.29) is 15.6 Å². The molecule has 0 bridgehead atoms. The monoisotopic (exact) mass is 219 g/mol. The molecular weight excluding hydrogens is 213 g/mol. The van der Waals surface area contributed by atoms with Crippen molar-refractivity contribution in [3.05, 3.63) is 27.5 Å². The molecular formula is C8H7Cl2NO2. The van der Waals surface area contributed by atoms with Crippen LogP contribution in [0.15, 0.2) is 6.20 Å². The summed E-state index contributed by atoms with van der Waals surface area (Å²) in [6, 6.07) is 0. The van der Waals surface area contributed by atoms with E-state index in [0.717, 1.165) is 0 Å². The number of aryl methyl sites for hydroxylation is 1. The van der Waals surface area contributed by atoms with Crippen molar-refractivity contribution in [3.63, 3.8) is 0 Å². The predicted molar refractivity (Wildman–Crippen MR) is 50.3 cm³/mol. The third-order valence-corrected chi connectivity index (χ3v) is 2.49. The van der Waals surface area contributed by atoms with Crippen LogP contribution >= 0.6 is 23.2 Å². The maximum atomic E-state index is 11.1. The molecule has 0 fully saturated rings. The molecule has 70 valence electrons. The van der Waals surface area contributed by atoms with Crippen molar-refractivity contribution in [2.24, 2.45) is 0 Å². The standard InChI is InChI=1S/C8H7Cl2NO2/c1-4-6(9)7(10)5(3-11-4)8(12)13-2/h3H,1-2H3. The van der Waals surface area contributed by atoms with Crippen molar-refractivity contribution in [3.8, 4) is 0 Å². The first-order chi connectivity index (χ1) is 6.07. The molecule has 0 N–H and O–H groups in total. The van der Waals surface area contributed by atoms with Crippen LogP contribution in [0.2, 0.25) is 10.0 Å². The fourth-order valence-electron chi connectivity index (χ4n) is 0.804. The van der Waals surface area contributed by atoms with Gasteiger partial charge in [0.2, 0.25) is 0 Å². The first-order valence-corrected chi connectivity index (χ1v) is 4.22. The van der Waals surface area contributed by atoms with Crippen LogP contribution in [0.25, 0.3) is 0 Å². The minimum absolute atomic E-state index is 0.180. The van der Waals surface area contributed by atoms with Crippen molar-refractivity contribution >= 4 is 29.2 Å². The number of rotatable bonds is 1. The molecule has 0 aliphatic carbocycles. The molecule has 1 aromatic heterocycles. The highest BCUT2D eigenvalue weighted by atomic mass is 35.5. The predicted octanol–water partition coefficient (Wildman–Crippen LogP) is 2.48. The summed E-state index contributed by atoms with van der Waals surface area (Å²) in [6.45, 7) is 1.70. The lowest BCUT2D eigenvalue weighted by Crippen LogP contribution is -2.03. The fraction of sp³-hybridized carbons (Fsp3) is 0.250. The molecule has 1 rings (SSSR count). The van der Waals surface area contributed by atoms with Crippen molar-refractivity contribution in [1.82, 2.24) is 4.98 Å². The molecule has 13 heavy (non-hydrogen) atoms. The zero-order valence-corrected chi connectivity index (χ0v) is 8.61. The first-order valence-electron chi connectivity index (χ1n) is 3.46. The Kier molecular flexibility index (Phi) is 3.12. The minimum Gasteiger partial charge on any atom is -0.465 e. The van der Waals surface area contributed by atoms with Gasteiger partial charge >= 0.3 is 5.97 Å². The van der Waals surface area contributed by atoms with Crippen molar-refractivity contribution in [1.29, 1.82) is 0 Å². The number of aromatic nitrogens is 1. The summed E-state index contributed by atoms with van der Waals surface area (Å²) < 4.78 is 4.49. The van der Waals surface area contributed by atoms with E-state index in [1.54, 1.807) is 6.92 Å². The number of ether oxygens (including phenoxy) is 1. The summed E-state index contributed by atoms with van der Waals surface area (Å²) in [6.07, 6.45) is 1.34. The van der Waals surface area contributed by atoms with Crippen LogP contribution in [-0.4, -0.2) is 18.1 Å². The largest absolute Gasteiger partial charge is 0.465 e. The SMILES string of the molecule is COC(=O)c1cnc(C)c(Cl)c1Cl. The Balaban J connectivity index is 3.26. The van der Waals surface area contributed by atoms with Gasteiger partial charge in [0.05, 0.1) is 28.4 Å². The molecule has 5 heteroatoms. The van der Waals surface area contributed by atoms with Gasteiger partial charge in [0, 0.05) is 6.20 Å². The van der Waals surface area contributed by atoms with Gasteiger partial charge in [-0.15, -0.1) is 0 Å². The number of nitrogens with zero attached hydrogens (tertiary/aromatic N) is 1. The molecule has 3 nitrogen and oxygen atoms in total. The Morgan fingerprint density at radius 2 is 2.08 bits per heavy atom. The highest BCUT2D eigenvalue weighted by molar-refractivity contribution is 6.44. The van der Waals surface area contributed by atoms with E-state index in [4.69, 9.17) is 23.2 Å². The second-order valence-corrected chi connectivity index (χ2v) is 3.13. The number of carbonyl (C=O) groups is 1. The normalized spacial score (nSPS) is 9.85. The number of pyridine rings is 1. The minimum atomic E-state index is -0.542. The maximum absolute atomic E-state index is 11.1. The van der Waals surface area contributed by atoms with Crippen molar-refractivity contribution < 1.29 is 9.53 Å². The quantitative estimate of drug-likeness (QED) is 0.682. The molecule has 1 heterocycles. The molecule has 0 aromatic carbocycles. The lowest BCUT2D eigenvalue weighted by Gasteiger charge is -2.04. The summed E-state index contributed by atoms with van der Waals surface area (Å²) in [7, 11) is 1.27. The molecule has 0 unspecified atom stereocenters. The van der Waals surface area contributed by atoms with Crippen LogP contribution in [0, 0.1) is 6.92 Å². The summed E-state index contributed by atoms with van der Waals surface area (Å²) >= 11 is 11.6. The van der Waals surface area contributed by atoms with E-state index in [1.165, 1.54) is 13.3 Å². The summed E-state index contributed by atoms with van der Waals surface area (Å²) in [5.41, 5.74) is 0.763. The Bertz CT molecular complexity index is 352. The van der Waals surface area contributed by atoms with Gasteiger partial charge in [-0.05, 0) is 6.92 Å². The van der Waals surface area contributed by atoms with Gasteiger partial charge in [-0.3, -0.25) is 4.98 Å². The van der Waals surface area contributed by atoms with Crippen LogP contribution in [0.3, 0.4) is 0 Å². The second kappa shape index (κ2) is 3.94. The molecule has 0 amide bonds. The van der Waals surface area contributed by atoms with Gasteiger partial charge in [-0.1, -0.05) is 23.2 Å². The molecule has 0 aliphatic heterocycles. The Morgan fingerprint density at radius 1 is 1.46 bits per heavy atom. The molecule has 0 saturated heterocycles. The van der Waals surface area contributed by atoms with Crippen LogP contribution in [0.5, 0.6) is 0 Å². The highest BCUT2D eigenvalue weighted by Crippen LogP contribution is 2.27. The van der Waals surface area contributed by atoms with Gasteiger partial charge in [0.1, 0.15) is 0 Å². The number of hydrogen-bond acceptors (Lipinski definition) is 3. The fourth-order valence-corrected chi connectivity index (χ4v) is 1.22. The highest BCUT2D eigenvalue weighted by Gasteiger charge is 2.15. The second-order valence-electron chi connectivity index (χ2n) is 2.38. The Hall–Kier alpha value is -0.800. The smallest absolute Gasteiger partial charge is 0.341 e. The van der Waals surface area contributed by atoms with Crippen LogP contribution in [0.4, 0.5) is 0 Å². The molecule has 0 atom stereocenters. The third-order valence-electron chi connectivity index (χ3n) is 1.54. The summed E-state index contributed by atoms with van der Waals surface area (Å²) in [5, 5.41) is 0.464. The molecule has 1 aromatic rings. The van der Waals surface area contributed by atoms with Crippen LogP contribution in [-0.2, 0) is 4.74 Å². The number of hydrogen-bond donors (Lipinski definition) is 0. The van der Waals surface area contributed by atoms with Crippen LogP contribution in [0.1, 0.15) is 16.1 Å². The average molecular weight is 220 g/mol. The van der Waals surface area contributed by atoms with Gasteiger partial charge in [-0.2, -0.15) is 0 Å². The molecule has 0 spiro atoms. The summed E-state index contributed by atoms with van der Waals surface area (Å²) in [4.78, 5) is 15.0. The average Bonchev–Trinajstić information content (AvgIpc) is 2.13. The van der Waals surface area contributed by atoms with E-state index >= 15 is 0 Å². The lowest BCUT2D eigenvalue weighted by molar-refractivity contribution is 0.0600.